The molecule has 1 atom stereocenters. The molecule has 1 heterocycles. The van der Waals surface area contributed by atoms with Crippen molar-refractivity contribution in [2.75, 3.05) is 66.0 Å². The van der Waals surface area contributed by atoms with Crippen LogP contribution in [0.1, 0.15) is 11.6 Å². The molecule has 0 radical (unpaired) electrons. The average Bonchev–Trinajstić information content (AvgIpc) is 2.81. The molecule has 1 unspecified atom stereocenters. The van der Waals surface area contributed by atoms with E-state index in [0.29, 0.717) is 5.69 Å². The van der Waals surface area contributed by atoms with E-state index in [1.165, 1.54) is 34.2 Å². The van der Waals surface area contributed by atoms with Crippen molar-refractivity contribution in [3.63, 3.8) is 0 Å². The first-order valence-electron chi connectivity index (χ1n) is 11.2. The van der Waals surface area contributed by atoms with E-state index in [0.717, 1.165) is 0 Å². The van der Waals surface area contributed by atoms with Gasteiger partial charge in [-0.2, -0.15) is 4.99 Å². The summed E-state index contributed by atoms with van der Waals surface area (Å²) in [5.41, 5.74) is 0.476. The lowest BCUT2D eigenvalue weighted by Gasteiger charge is -2.41. The summed E-state index contributed by atoms with van der Waals surface area (Å²) in [5, 5.41) is 43.4. The highest BCUT2D eigenvalue weighted by Crippen LogP contribution is 2.34. The molecular weight excluding hydrogens is 510 g/mol. The summed E-state index contributed by atoms with van der Waals surface area (Å²) in [6, 6.07) is 3.05. The maximum absolute atomic E-state index is 12.7. The van der Waals surface area contributed by atoms with Crippen molar-refractivity contribution in [1.29, 1.82) is 0 Å². The third-order valence-corrected chi connectivity index (χ3v) is 5.76. The Morgan fingerprint density at radius 3 is 1.95 bits per heavy atom. The summed E-state index contributed by atoms with van der Waals surface area (Å²) in [7, 11) is 1.36. The van der Waals surface area contributed by atoms with Crippen molar-refractivity contribution in [2.45, 2.75) is 6.04 Å². The summed E-state index contributed by atoms with van der Waals surface area (Å²) in [5.74, 6) is -4.56. The second kappa shape index (κ2) is 14.3. The Hall–Kier alpha value is -3.46. The Balaban J connectivity index is 2.61. The molecule has 0 aliphatic carbocycles. The van der Waals surface area contributed by atoms with Gasteiger partial charge in [0.2, 0.25) is 0 Å². The maximum Gasteiger partial charge on any atom is 0.327 e. The lowest BCUT2D eigenvalue weighted by Crippen LogP contribution is -2.56. The monoisotopic (exact) mass is 539 g/mol. The van der Waals surface area contributed by atoms with E-state index in [1.807, 2.05) is 0 Å². The minimum atomic E-state index is -1.45. The topological polar surface area (TPSA) is 184 Å². The number of methoxy groups -OCH3 is 1. The Bertz CT molecular complexity index is 1050. The first kappa shape index (κ1) is 29.8. The van der Waals surface area contributed by atoms with Gasteiger partial charge in [-0.25, -0.2) is 10.0 Å². The highest BCUT2D eigenvalue weighted by atomic mass is 32.1. The molecule has 15 heteroatoms. The highest BCUT2D eigenvalue weighted by Gasteiger charge is 2.36. The third-order valence-electron chi connectivity index (χ3n) is 5.67. The predicted octanol–water partition coefficient (Wildman–Crippen LogP) is -0.0544. The molecule has 37 heavy (non-hydrogen) atoms. The van der Waals surface area contributed by atoms with E-state index in [4.69, 9.17) is 4.74 Å². The fraction of sp³-hybridized carbons (Fsp3) is 0.500. The standard InChI is InChI=1S/C22H29N5O9S/c1-36-17-3-2-15(23-14-37)10-16(17)21(22(34)35)27-9-7-25(12-19(30)31)5-4-24(11-18(28)29)6-8-26(27)13-20(32)33/h2-3,10,21H,4-9,11-13H2,1H3,(H,28,29)(H,30,31)(H,32,33)(H,34,35). The Morgan fingerprint density at radius 1 is 0.919 bits per heavy atom. The van der Waals surface area contributed by atoms with Crippen LogP contribution in [0.15, 0.2) is 23.2 Å². The van der Waals surface area contributed by atoms with Gasteiger partial charge in [-0.1, -0.05) is 0 Å². The molecule has 0 aromatic heterocycles. The number of carbonyl (C=O) groups is 4. The number of carboxylic acid groups (broad SMARTS) is 4. The molecule has 2 rings (SSSR count). The minimum absolute atomic E-state index is 0.00237. The van der Waals surface area contributed by atoms with Gasteiger partial charge in [0.1, 0.15) is 12.3 Å². The number of isothiocyanates is 1. The number of nitrogens with zero attached hydrogens (tertiary/aromatic N) is 5. The number of benzene rings is 1. The number of hydrazine groups is 1. The van der Waals surface area contributed by atoms with E-state index >= 15 is 0 Å². The van der Waals surface area contributed by atoms with E-state index in [1.54, 1.807) is 11.0 Å². The SMILES string of the molecule is COc1ccc(N=C=S)cc1C(C(=O)O)N1CCN(CC(=O)O)CCN(CC(=O)O)CCN1CC(=O)O. The number of aliphatic imine (C=N–C) groups is 1. The molecule has 1 saturated heterocycles. The van der Waals surface area contributed by atoms with Gasteiger partial charge < -0.3 is 25.2 Å². The normalized spacial score (nSPS) is 17.3. The van der Waals surface area contributed by atoms with Crippen LogP contribution in [-0.4, -0.2) is 135 Å². The van der Waals surface area contributed by atoms with Crippen molar-refractivity contribution in [2.24, 2.45) is 4.99 Å². The van der Waals surface area contributed by atoms with Gasteiger partial charge in [-0.15, -0.1) is 0 Å². The third kappa shape index (κ3) is 9.17. The molecule has 1 aromatic rings. The van der Waals surface area contributed by atoms with E-state index in [-0.39, 0.29) is 63.7 Å². The molecule has 1 aromatic carbocycles. The molecule has 0 saturated carbocycles. The van der Waals surface area contributed by atoms with E-state index in [2.05, 4.69) is 22.4 Å². The Labute approximate surface area is 217 Å². The van der Waals surface area contributed by atoms with Gasteiger partial charge in [0.05, 0.1) is 31.0 Å². The van der Waals surface area contributed by atoms with Gasteiger partial charge >= 0.3 is 23.9 Å². The molecule has 0 amide bonds. The summed E-state index contributed by atoms with van der Waals surface area (Å²) in [4.78, 5) is 54.2. The van der Waals surface area contributed by atoms with Crippen LogP contribution < -0.4 is 4.74 Å². The van der Waals surface area contributed by atoms with Crippen LogP contribution in [0.3, 0.4) is 0 Å². The second-order valence-corrected chi connectivity index (χ2v) is 8.34. The van der Waals surface area contributed by atoms with Crippen LogP contribution in [0, 0.1) is 0 Å². The number of hydrogen-bond donors (Lipinski definition) is 4. The Morgan fingerprint density at radius 2 is 1.46 bits per heavy atom. The van der Waals surface area contributed by atoms with Gasteiger partial charge in [0.15, 0.2) is 6.04 Å². The van der Waals surface area contributed by atoms with E-state index in [9.17, 15) is 39.6 Å². The molecule has 1 aliphatic rings. The number of aliphatic carboxylic acids is 4. The molecule has 0 spiro atoms. The van der Waals surface area contributed by atoms with Crippen LogP contribution in [0.4, 0.5) is 5.69 Å². The van der Waals surface area contributed by atoms with Crippen LogP contribution in [0.2, 0.25) is 0 Å². The quantitative estimate of drug-likeness (QED) is 0.217. The van der Waals surface area contributed by atoms with Crippen molar-refractivity contribution in [1.82, 2.24) is 19.8 Å². The van der Waals surface area contributed by atoms with E-state index < -0.39 is 36.5 Å². The summed E-state index contributed by atoms with van der Waals surface area (Å²) in [6.45, 7) is -0.737. The lowest BCUT2D eigenvalue weighted by atomic mass is 10.0. The van der Waals surface area contributed by atoms with Gasteiger partial charge in [0, 0.05) is 44.8 Å². The fourth-order valence-electron chi connectivity index (χ4n) is 4.07. The number of rotatable bonds is 11. The van der Waals surface area contributed by atoms with Crippen LogP contribution in [0.5, 0.6) is 5.75 Å². The first-order chi connectivity index (χ1) is 17.5. The molecule has 0 bridgehead atoms. The molecule has 1 fully saturated rings. The van der Waals surface area contributed by atoms with Gasteiger partial charge in [0.25, 0.3) is 0 Å². The zero-order valence-corrected chi connectivity index (χ0v) is 21.0. The molecule has 4 N–H and O–H groups in total. The van der Waals surface area contributed by atoms with Crippen molar-refractivity contribution >= 4 is 46.9 Å². The second-order valence-electron chi connectivity index (χ2n) is 8.15. The van der Waals surface area contributed by atoms with Gasteiger partial charge in [-0.3, -0.25) is 29.0 Å². The molecule has 14 nitrogen and oxygen atoms in total. The largest absolute Gasteiger partial charge is 0.496 e. The number of hydrogen-bond acceptors (Lipinski definition) is 11. The fourth-order valence-corrected chi connectivity index (χ4v) is 4.18. The lowest BCUT2D eigenvalue weighted by molar-refractivity contribution is -0.163. The van der Waals surface area contributed by atoms with Crippen molar-refractivity contribution in [3.05, 3.63) is 23.8 Å². The number of carboxylic acids is 4. The zero-order valence-electron chi connectivity index (χ0n) is 20.1. The predicted molar refractivity (Wildman–Crippen MR) is 132 cm³/mol. The van der Waals surface area contributed by atoms with Crippen LogP contribution in [0.25, 0.3) is 0 Å². The van der Waals surface area contributed by atoms with Crippen LogP contribution in [-0.2, 0) is 19.2 Å². The number of ether oxygens (including phenoxy) is 1. The average molecular weight is 540 g/mol. The Kier molecular flexibility index (Phi) is 11.5. The van der Waals surface area contributed by atoms with Crippen molar-refractivity contribution < 1.29 is 44.3 Å². The van der Waals surface area contributed by atoms with Gasteiger partial charge in [-0.05, 0) is 30.4 Å². The van der Waals surface area contributed by atoms with Crippen LogP contribution >= 0.6 is 12.2 Å². The first-order valence-corrected chi connectivity index (χ1v) is 11.6. The maximum atomic E-state index is 12.7. The molecule has 1 aliphatic heterocycles. The highest BCUT2D eigenvalue weighted by molar-refractivity contribution is 7.78. The number of thiocarbonyl (C=S) groups is 1. The molecular formula is C22H29N5O9S. The van der Waals surface area contributed by atoms with Crippen molar-refractivity contribution in [3.8, 4) is 5.75 Å². The zero-order chi connectivity index (χ0) is 27.5. The summed E-state index contributed by atoms with van der Waals surface area (Å²) >= 11 is 4.65. The molecule has 202 valence electrons. The summed E-state index contributed by atoms with van der Waals surface area (Å²) in [6.07, 6.45) is 0. The summed E-state index contributed by atoms with van der Waals surface area (Å²) < 4.78 is 5.38. The minimum Gasteiger partial charge on any atom is -0.496 e. The smallest absolute Gasteiger partial charge is 0.327 e.